The number of fused-ring (bicyclic) bond motifs is 1. The van der Waals surface area contributed by atoms with Gasteiger partial charge in [-0.25, -0.2) is 17.2 Å². The lowest BCUT2D eigenvalue weighted by Gasteiger charge is -2.11. The molecule has 0 atom stereocenters. The Morgan fingerprint density at radius 3 is 2.33 bits per heavy atom. The summed E-state index contributed by atoms with van der Waals surface area (Å²) in [5.74, 6) is -1.77. The third-order valence-electron chi connectivity index (χ3n) is 4.57. The molecule has 0 aliphatic carbocycles. The molecule has 5 nitrogen and oxygen atoms in total. The molecule has 0 saturated carbocycles. The monoisotopic (exact) mass is 526 g/mol. The van der Waals surface area contributed by atoms with Crippen LogP contribution in [0.1, 0.15) is 9.67 Å². The number of sulfonamides is 1. The normalized spacial score (nSPS) is 11.5. The van der Waals surface area contributed by atoms with E-state index in [9.17, 15) is 17.6 Å². The van der Waals surface area contributed by atoms with E-state index in [2.05, 4.69) is 10.0 Å². The zero-order chi connectivity index (χ0) is 23.9. The van der Waals surface area contributed by atoms with Crippen LogP contribution < -0.4 is 10.0 Å². The lowest BCUT2D eigenvalue weighted by atomic mass is 10.0. The summed E-state index contributed by atoms with van der Waals surface area (Å²) in [5.41, 5.74) is 0.551. The number of carbonyl (C=O) groups excluding carboxylic acids is 1. The van der Waals surface area contributed by atoms with Gasteiger partial charge in [0.05, 0.1) is 27.5 Å². The Hall–Kier alpha value is -2.72. The maximum Gasteiger partial charge on any atom is 0.265 e. The summed E-state index contributed by atoms with van der Waals surface area (Å²) in [6.07, 6.45) is 1.000. The van der Waals surface area contributed by atoms with Crippen LogP contribution in [-0.2, 0) is 10.0 Å². The smallest absolute Gasteiger partial charge is 0.265 e. The van der Waals surface area contributed by atoms with Crippen LogP contribution in [0.2, 0.25) is 10.0 Å². The van der Waals surface area contributed by atoms with Crippen LogP contribution in [-0.4, -0.2) is 20.6 Å². The van der Waals surface area contributed by atoms with E-state index in [0.717, 1.165) is 17.6 Å². The molecule has 0 unspecified atom stereocenters. The molecule has 0 fully saturated rings. The highest BCUT2D eigenvalue weighted by atomic mass is 35.5. The number of amides is 1. The summed E-state index contributed by atoms with van der Waals surface area (Å²) in [5, 5.41) is 3.45. The molecule has 170 valence electrons. The van der Waals surface area contributed by atoms with Crippen molar-refractivity contribution in [2.75, 3.05) is 16.3 Å². The van der Waals surface area contributed by atoms with Crippen molar-refractivity contribution in [3.05, 3.63) is 81.2 Å². The first-order valence-electron chi connectivity index (χ1n) is 9.27. The van der Waals surface area contributed by atoms with Gasteiger partial charge in [-0.15, -0.1) is 11.3 Å². The molecule has 4 rings (SSSR count). The zero-order valence-electron chi connectivity index (χ0n) is 16.7. The lowest BCUT2D eigenvalue weighted by Crippen LogP contribution is -2.12. The Balaban J connectivity index is 1.66. The first-order chi connectivity index (χ1) is 15.5. The van der Waals surface area contributed by atoms with Gasteiger partial charge in [0.2, 0.25) is 10.0 Å². The van der Waals surface area contributed by atoms with Gasteiger partial charge in [0.15, 0.2) is 5.82 Å². The van der Waals surface area contributed by atoms with Gasteiger partial charge in [-0.2, -0.15) is 0 Å². The summed E-state index contributed by atoms with van der Waals surface area (Å²) < 4.78 is 54.3. The number of carbonyl (C=O) groups is 1. The molecule has 1 aromatic heterocycles. The molecule has 3 aromatic carbocycles. The van der Waals surface area contributed by atoms with Crippen LogP contribution in [0.15, 0.2) is 54.6 Å². The van der Waals surface area contributed by atoms with Crippen molar-refractivity contribution in [3.8, 4) is 11.1 Å². The second kappa shape index (κ2) is 8.90. The van der Waals surface area contributed by atoms with E-state index >= 15 is 4.39 Å². The number of thiophene rings is 1. The second-order valence-electron chi connectivity index (χ2n) is 7.13. The summed E-state index contributed by atoms with van der Waals surface area (Å²) in [6.45, 7) is 0. The fraction of sp³-hybridized carbons (Fsp3) is 0.0455. The maximum absolute atomic E-state index is 15.1. The number of benzene rings is 3. The fourth-order valence-electron chi connectivity index (χ4n) is 3.16. The van der Waals surface area contributed by atoms with Crippen molar-refractivity contribution >= 4 is 71.9 Å². The molecular weight excluding hydrogens is 513 g/mol. The minimum absolute atomic E-state index is 0.109. The van der Waals surface area contributed by atoms with Gasteiger partial charge >= 0.3 is 0 Å². The molecule has 0 aliphatic heterocycles. The maximum atomic E-state index is 15.1. The lowest BCUT2D eigenvalue weighted by molar-refractivity contribution is 0.103. The molecule has 0 aliphatic rings. The van der Waals surface area contributed by atoms with Crippen LogP contribution in [0, 0.1) is 11.6 Å². The quantitative estimate of drug-likeness (QED) is 0.301. The average Bonchev–Trinajstić information content (AvgIpc) is 3.13. The SMILES string of the molecule is CS(=O)(=O)Nc1cc2cc(C(=O)Nc3cc(Cl)cc(-c4ccc(F)cc4)c3F)sc2cc1Cl. The largest absolute Gasteiger partial charge is 0.319 e. The van der Waals surface area contributed by atoms with Crippen LogP contribution >= 0.6 is 34.5 Å². The van der Waals surface area contributed by atoms with Gasteiger partial charge in [-0.1, -0.05) is 35.3 Å². The minimum Gasteiger partial charge on any atom is -0.319 e. The number of anilines is 2. The summed E-state index contributed by atoms with van der Waals surface area (Å²) in [6, 6.07) is 12.5. The number of rotatable bonds is 5. The topological polar surface area (TPSA) is 75.3 Å². The number of nitrogens with one attached hydrogen (secondary N) is 2. The number of halogens is 4. The zero-order valence-corrected chi connectivity index (χ0v) is 19.9. The highest BCUT2D eigenvalue weighted by molar-refractivity contribution is 7.92. The van der Waals surface area contributed by atoms with Gasteiger partial charge in [-0.3, -0.25) is 9.52 Å². The highest BCUT2D eigenvalue weighted by Crippen LogP contribution is 2.35. The number of hydrogen-bond acceptors (Lipinski definition) is 4. The van der Waals surface area contributed by atoms with Crippen LogP contribution in [0.25, 0.3) is 21.2 Å². The molecule has 0 spiro atoms. The van der Waals surface area contributed by atoms with Gasteiger partial charge in [-0.05, 0) is 53.4 Å². The molecule has 11 heteroatoms. The Bertz CT molecular complexity index is 1500. The minimum atomic E-state index is -3.54. The first-order valence-corrected chi connectivity index (χ1v) is 12.7. The molecule has 0 saturated heterocycles. The Kier molecular flexibility index (Phi) is 6.32. The average molecular weight is 527 g/mol. The van der Waals surface area contributed by atoms with E-state index in [1.807, 2.05) is 0 Å². The molecule has 0 radical (unpaired) electrons. The van der Waals surface area contributed by atoms with E-state index in [0.29, 0.717) is 15.6 Å². The molecule has 1 amide bonds. The third kappa shape index (κ3) is 5.27. The summed E-state index contributed by atoms with van der Waals surface area (Å²) in [4.78, 5) is 13.1. The van der Waals surface area contributed by atoms with Crippen LogP contribution in [0.4, 0.5) is 20.2 Å². The van der Waals surface area contributed by atoms with Crippen molar-refractivity contribution in [1.29, 1.82) is 0 Å². The van der Waals surface area contributed by atoms with Crippen molar-refractivity contribution in [2.45, 2.75) is 0 Å². The van der Waals surface area contributed by atoms with Crippen molar-refractivity contribution in [2.24, 2.45) is 0 Å². The third-order valence-corrected chi connectivity index (χ3v) is 6.78. The summed E-state index contributed by atoms with van der Waals surface area (Å²) >= 11 is 13.4. The van der Waals surface area contributed by atoms with Crippen molar-refractivity contribution in [1.82, 2.24) is 0 Å². The van der Waals surface area contributed by atoms with Crippen LogP contribution in [0.3, 0.4) is 0 Å². The second-order valence-corrected chi connectivity index (χ2v) is 10.8. The van der Waals surface area contributed by atoms with Gasteiger partial charge in [0.1, 0.15) is 5.82 Å². The van der Waals surface area contributed by atoms with E-state index in [-0.39, 0.29) is 31.9 Å². The van der Waals surface area contributed by atoms with Crippen LogP contribution in [0.5, 0.6) is 0 Å². The van der Waals surface area contributed by atoms with E-state index in [1.54, 1.807) is 12.1 Å². The molecular formula is C22H14Cl2F2N2O3S2. The van der Waals surface area contributed by atoms with Crippen molar-refractivity contribution in [3.63, 3.8) is 0 Å². The van der Waals surface area contributed by atoms with E-state index in [4.69, 9.17) is 23.2 Å². The fourth-order valence-corrected chi connectivity index (χ4v) is 5.25. The molecule has 0 bridgehead atoms. The first kappa shape index (κ1) is 23.4. The predicted octanol–water partition coefficient (Wildman–Crippen LogP) is 6.78. The van der Waals surface area contributed by atoms with E-state index in [1.165, 1.54) is 42.5 Å². The van der Waals surface area contributed by atoms with Gasteiger partial charge < -0.3 is 5.32 Å². The molecule has 1 heterocycles. The molecule has 4 aromatic rings. The van der Waals surface area contributed by atoms with Gasteiger partial charge in [0, 0.05) is 15.3 Å². The predicted molar refractivity (Wildman–Crippen MR) is 130 cm³/mol. The summed E-state index contributed by atoms with van der Waals surface area (Å²) in [7, 11) is -3.54. The Labute approximate surface area is 202 Å². The van der Waals surface area contributed by atoms with Crippen molar-refractivity contribution < 1.29 is 22.0 Å². The standard InChI is InChI=1S/C22H14Cl2F2N2O3S2/c1-33(30,31)28-17-6-12-7-20(32-19(12)10-16(17)24)22(29)27-18-9-13(23)8-15(21(18)26)11-2-4-14(25)5-3-11/h2-10,28H,1H3,(H,27,29). The Morgan fingerprint density at radius 1 is 0.970 bits per heavy atom. The van der Waals surface area contributed by atoms with E-state index < -0.39 is 27.6 Å². The highest BCUT2D eigenvalue weighted by Gasteiger charge is 2.18. The molecule has 2 N–H and O–H groups in total. The Morgan fingerprint density at radius 2 is 1.67 bits per heavy atom. The van der Waals surface area contributed by atoms with Gasteiger partial charge in [0.25, 0.3) is 5.91 Å². The molecule has 33 heavy (non-hydrogen) atoms. The number of hydrogen-bond donors (Lipinski definition) is 2.